The number of alkyl halides is 3. The molecule has 104 valence electrons. The average Bonchev–Trinajstić information content (AvgIpc) is 2.22. The number of halogens is 3. The number of nitrogens with zero attached hydrogens (tertiary/aromatic N) is 1. The largest absolute Gasteiger partial charge is 0.471 e. The molecule has 1 N–H and O–H groups in total. The van der Waals surface area contributed by atoms with E-state index in [0.717, 1.165) is 0 Å². The maximum atomic E-state index is 11.9. The van der Waals surface area contributed by atoms with Gasteiger partial charge in [0.05, 0.1) is 18.8 Å². The molecule has 1 fully saturated rings. The maximum absolute atomic E-state index is 11.9. The molecule has 2 amide bonds. The van der Waals surface area contributed by atoms with Crippen molar-refractivity contribution in [3.8, 4) is 0 Å². The second-order valence-electron chi connectivity index (χ2n) is 4.24. The molecule has 0 spiro atoms. The molecule has 1 saturated heterocycles. The molecular formula is C10H15F3N2O3. The second kappa shape index (κ2) is 5.55. The average molecular weight is 268 g/mol. The minimum atomic E-state index is -4.97. The Bertz CT molecular complexity index is 323. The standard InChI is InChI=1S/C10H15F3N2O3/c1-6-4-15(5-7(2)18-6)8(16)3-14-9(17)10(11,12)13/h6-7H,3-5H2,1-2H3,(H,14,17). The van der Waals surface area contributed by atoms with E-state index < -0.39 is 24.5 Å². The number of rotatable bonds is 2. The highest BCUT2D eigenvalue weighted by Gasteiger charge is 2.39. The van der Waals surface area contributed by atoms with Crippen molar-refractivity contribution in [1.29, 1.82) is 0 Å². The molecule has 1 heterocycles. The van der Waals surface area contributed by atoms with Crippen molar-refractivity contribution in [2.24, 2.45) is 0 Å². The van der Waals surface area contributed by atoms with E-state index in [0.29, 0.717) is 13.1 Å². The molecule has 1 aliphatic heterocycles. The molecule has 0 saturated carbocycles. The van der Waals surface area contributed by atoms with Crippen LogP contribution in [0.3, 0.4) is 0 Å². The number of carbonyl (C=O) groups is 2. The number of carbonyl (C=O) groups excluding carboxylic acids is 2. The molecule has 0 aromatic heterocycles. The summed E-state index contributed by atoms with van der Waals surface area (Å²) in [6.45, 7) is 3.50. The monoisotopic (exact) mass is 268 g/mol. The molecule has 0 bridgehead atoms. The number of amides is 2. The molecule has 1 aliphatic rings. The van der Waals surface area contributed by atoms with Crippen LogP contribution in [0.4, 0.5) is 13.2 Å². The summed E-state index contributed by atoms with van der Waals surface area (Å²) < 4.78 is 41.1. The summed E-state index contributed by atoms with van der Waals surface area (Å²) in [4.78, 5) is 23.5. The van der Waals surface area contributed by atoms with Crippen LogP contribution in [0.1, 0.15) is 13.8 Å². The lowest BCUT2D eigenvalue weighted by Gasteiger charge is -2.35. The molecule has 0 aliphatic carbocycles. The first-order valence-electron chi connectivity index (χ1n) is 5.48. The molecule has 8 heteroatoms. The first-order chi connectivity index (χ1) is 8.20. The number of hydrogen-bond acceptors (Lipinski definition) is 3. The van der Waals surface area contributed by atoms with Crippen LogP contribution < -0.4 is 5.32 Å². The van der Waals surface area contributed by atoms with Gasteiger partial charge in [0.1, 0.15) is 0 Å². The third-order valence-corrected chi connectivity index (χ3v) is 2.43. The summed E-state index contributed by atoms with van der Waals surface area (Å²) in [5, 5.41) is 1.55. The highest BCUT2D eigenvalue weighted by atomic mass is 19.4. The normalized spacial score (nSPS) is 24.8. The predicted molar refractivity (Wildman–Crippen MR) is 55.7 cm³/mol. The molecule has 1 rings (SSSR count). The summed E-state index contributed by atoms with van der Waals surface area (Å²) in [5.41, 5.74) is 0. The van der Waals surface area contributed by atoms with Crippen LogP contribution in [0.5, 0.6) is 0 Å². The highest BCUT2D eigenvalue weighted by Crippen LogP contribution is 2.14. The Balaban J connectivity index is 2.44. The Morgan fingerprint density at radius 1 is 1.28 bits per heavy atom. The van der Waals surface area contributed by atoms with Crippen molar-refractivity contribution in [3.05, 3.63) is 0 Å². The Hall–Kier alpha value is -1.31. The molecule has 0 radical (unpaired) electrons. The van der Waals surface area contributed by atoms with Gasteiger partial charge >= 0.3 is 12.1 Å². The van der Waals surface area contributed by atoms with E-state index in [9.17, 15) is 22.8 Å². The third-order valence-electron chi connectivity index (χ3n) is 2.43. The van der Waals surface area contributed by atoms with Gasteiger partial charge in [-0.1, -0.05) is 0 Å². The fourth-order valence-electron chi connectivity index (χ4n) is 1.75. The first-order valence-corrected chi connectivity index (χ1v) is 5.48. The fourth-order valence-corrected chi connectivity index (χ4v) is 1.75. The van der Waals surface area contributed by atoms with Crippen molar-refractivity contribution in [2.45, 2.75) is 32.2 Å². The van der Waals surface area contributed by atoms with E-state index in [2.05, 4.69) is 0 Å². The SMILES string of the molecule is CC1CN(C(=O)CNC(=O)C(F)(F)F)CC(C)O1. The zero-order valence-electron chi connectivity index (χ0n) is 10.1. The summed E-state index contributed by atoms with van der Waals surface area (Å²) in [7, 11) is 0. The van der Waals surface area contributed by atoms with E-state index in [1.807, 2.05) is 0 Å². The van der Waals surface area contributed by atoms with E-state index in [1.54, 1.807) is 19.2 Å². The van der Waals surface area contributed by atoms with Crippen LogP contribution in [-0.4, -0.2) is 54.7 Å². The Morgan fingerprint density at radius 3 is 2.22 bits per heavy atom. The van der Waals surface area contributed by atoms with Gasteiger partial charge in [-0.25, -0.2) is 0 Å². The molecule has 2 unspecified atom stereocenters. The van der Waals surface area contributed by atoms with Crippen molar-refractivity contribution < 1.29 is 27.5 Å². The van der Waals surface area contributed by atoms with Crippen LogP contribution in [0.25, 0.3) is 0 Å². The Labute approximate surface area is 102 Å². The van der Waals surface area contributed by atoms with Crippen LogP contribution in [0.15, 0.2) is 0 Å². The quantitative estimate of drug-likeness (QED) is 0.783. The molecule has 18 heavy (non-hydrogen) atoms. The van der Waals surface area contributed by atoms with E-state index >= 15 is 0 Å². The molecule has 5 nitrogen and oxygen atoms in total. The van der Waals surface area contributed by atoms with Gasteiger partial charge in [0.2, 0.25) is 5.91 Å². The van der Waals surface area contributed by atoms with Crippen LogP contribution >= 0.6 is 0 Å². The molecule has 2 atom stereocenters. The van der Waals surface area contributed by atoms with Crippen molar-refractivity contribution in [3.63, 3.8) is 0 Å². The predicted octanol–water partition coefficient (Wildman–Crippen LogP) is 0.301. The van der Waals surface area contributed by atoms with Crippen LogP contribution in [-0.2, 0) is 14.3 Å². The lowest BCUT2D eigenvalue weighted by molar-refractivity contribution is -0.174. The third kappa shape index (κ3) is 4.17. The van der Waals surface area contributed by atoms with Gasteiger partial charge in [0, 0.05) is 13.1 Å². The van der Waals surface area contributed by atoms with Gasteiger partial charge in [0.15, 0.2) is 0 Å². The van der Waals surface area contributed by atoms with E-state index in [-0.39, 0.29) is 12.2 Å². The number of hydrogen-bond donors (Lipinski definition) is 1. The summed E-state index contributed by atoms with van der Waals surface area (Å²) in [5.74, 6) is -2.65. The van der Waals surface area contributed by atoms with Gasteiger partial charge in [-0.05, 0) is 13.8 Å². The van der Waals surface area contributed by atoms with Crippen molar-refractivity contribution >= 4 is 11.8 Å². The Kier molecular flexibility index (Phi) is 4.55. The summed E-state index contributed by atoms with van der Waals surface area (Å²) in [6, 6.07) is 0. The maximum Gasteiger partial charge on any atom is 0.471 e. The van der Waals surface area contributed by atoms with Gasteiger partial charge in [0.25, 0.3) is 0 Å². The topological polar surface area (TPSA) is 58.6 Å². The van der Waals surface area contributed by atoms with Gasteiger partial charge in [-0.2, -0.15) is 13.2 Å². The van der Waals surface area contributed by atoms with E-state index in [4.69, 9.17) is 4.74 Å². The van der Waals surface area contributed by atoms with E-state index in [1.165, 1.54) is 4.90 Å². The molecule has 0 aromatic carbocycles. The van der Waals surface area contributed by atoms with Gasteiger partial charge in [-0.3, -0.25) is 9.59 Å². The smallest absolute Gasteiger partial charge is 0.372 e. The number of nitrogens with one attached hydrogen (secondary N) is 1. The minimum Gasteiger partial charge on any atom is -0.372 e. The summed E-state index contributed by atoms with van der Waals surface area (Å²) >= 11 is 0. The zero-order chi connectivity index (χ0) is 13.9. The van der Waals surface area contributed by atoms with Gasteiger partial charge in [-0.15, -0.1) is 0 Å². The number of ether oxygens (including phenoxy) is 1. The zero-order valence-corrected chi connectivity index (χ0v) is 10.1. The first kappa shape index (κ1) is 14.7. The minimum absolute atomic E-state index is 0.170. The second-order valence-corrected chi connectivity index (χ2v) is 4.24. The van der Waals surface area contributed by atoms with Crippen molar-refractivity contribution in [2.75, 3.05) is 19.6 Å². The van der Waals surface area contributed by atoms with Crippen molar-refractivity contribution in [1.82, 2.24) is 10.2 Å². The Morgan fingerprint density at radius 2 is 1.78 bits per heavy atom. The lowest BCUT2D eigenvalue weighted by atomic mass is 10.2. The van der Waals surface area contributed by atoms with Crippen LogP contribution in [0.2, 0.25) is 0 Å². The molecular weight excluding hydrogens is 253 g/mol. The fraction of sp³-hybridized carbons (Fsp3) is 0.800. The number of morpholine rings is 1. The molecule has 0 aromatic rings. The highest BCUT2D eigenvalue weighted by molar-refractivity contribution is 5.87. The van der Waals surface area contributed by atoms with Crippen LogP contribution in [0, 0.1) is 0 Å². The lowest BCUT2D eigenvalue weighted by Crippen LogP contribution is -2.52. The summed E-state index contributed by atoms with van der Waals surface area (Å²) in [6.07, 6.45) is -5.31. The van der Waals surface area contributed by atoms with Gasteiger partial charge < -0.3 is 15.0 Å².